The lowest BCUT2D eigenvalue weighted by Gasteiger charge is -2.49. The second-order valence-electron chi connectivity index (χ2n) is 11.5. The third kappa shape index (κ3) is 6.42. The fraction of sp³-hybridized carbons (Fsp3) is 0.278. The van der Waals surface area contributed by atoms with Gasteiger partial charge in [-0.1, -0.05) is 103 Å². The number of amides is 1. The fourth-order valence-electron chi connectivity index (χ4n) is 6.86. The maximum Gasteiger partial charge on any atom is 0.408 e. The number of hydrogen-bond donors (Lipinski definition) is 2. The highest BCUT2D eigenvalue weighted by Crippen LogP contribution is 2.40. The summed E-state index contributed by atoms with van der Waals surface area (Å²) in [5.41, 5.74) is 5.04. The number of carboxylic acid groups (broad SMARTS) is 1. The van der Waals surface area contributed by atoms with Gasteiger partial charge < -0.3 is 10.1 Å². The quantitative estimate of drug-likeness (QED) is 0.190. The van der Waals surface area contributed by atoms with Crippen LogP contribution in [-0.2, 0) is 19.5 Å². The first-order valence-corrected chi connectivity index (χ1v) is 15.1. The Bertz CT molecular complexity index is 1640. The molecular formula is C36H38N4O3. The zero-order valence-corrected chi connectivity index (χ0v) is 24.3. The van der Waals surface area contributed by atoms with Gasteiger partial charge in [-0.3, -0.25) is 14.4 Å². The van der Waals surface area contributed by atoms with Gasteiger partial charge in [0.1, 0.15) is 0 Å². The number of piperidine rings is 1. The van der Waals surface area contributed by atoms with E-state index in [0.717, 1.165) is 41.4 Å². The largest absolute Gasteiger partial charge is 0.465 e. The lowest BCUT2D eigenvalue weighted by atomic mass is 9.83. The van der Waals surface area contributed by atoms with E-state index in [1.165, 1.54) is 5.56 Å². The number of aromatic nitrogens is 2. The van der Waals surface area contributed by atoms with Crippen molar-refractivity contribution < 1.29 is 9.90 Å². The van der Waals surface area contributed by atoms with Gasteiger partial charge in [0.15, 0.2) is 0 Å². The van der Waals surface area contributed by atoms with Gasteiger partial charge in [0.05, 0.1) is 17.2 Å². The number of fused-ring (bicyclic) bond motifs is 1. The molecule has 4 aromatic carbocycles. The molecule has 2 unspecified atom stereocenters. The second kappa shape index (κ2) is 13.1. The highest BCUT2D eigenvalue weighted by atomic mass is 16.4. The molecule has 1 aliphatic heterocycles. The third-order valence-electron chi connectivity index (χ3n) is 8.74. The monoisotopic (exact) mass is 574 g/mol. The Labute approximate surface area is 252 Å². The molecule has 1 fully saturated rings. The standard InChI is InChI=1S/C36H38N4O3/c41-35-37-31-21-10-11-22-33(31)40(35)32-23-24-39(36(42)43)34(30(32)20-12-19-27-13-4-1-5-14-27)38(25-28-15-6-2-7-16-28)26-29-17-8-3-9-18-29/h1-11,13-18,21-22,30,32,34H,12,19-20,23-26H2,(H,37,41)(H,42,43)/t30?,32?,34-/m1/s1. The van der Waals surface area contributed by atoms with Gasteiger partial charge in [-0.25, -0.2) is 9.59 Å². The predicted molar refractivity (Wildman–Crippen MR) is 170 cm³/mol. The number of nitrogens with one attached hydrogen (secondary N) is 1. The summed E-state index contributed by atoms with van der Waals surface area (Å²) in [5.74, 6) is -0.113. The van der Waals surface area contributed by atoms with Gasteiger partial charge in [0, 0.05) is 31.6 Å². The summed E-state index contributed by atoms with van der Waals surface area (Å²) in [7, 11) is 0. The van der Waals surface area contributed by atoms with Crippen LogP contribution in [0, 0.1) is 5.92 Å². The van der Waals surface area contributed by atoms with Crippen molar-refractivity contribution in [2.45, 2.75) is 51.0 Å². The topological polar surface area (TPSA) is 81.6 Å². The van der Waals surface area contributed by atoms with E-state index in [1.807, 2.05) is 71.3 Å². The van der Waals surface area contributed by atoms with E-state index < -0.39 is 12.3 Å². The molecule has 0 spiro atoms. The van der Waals surface area contributed by atoms with Crippen LogP contribution in [0.5, 0.6) is 0 Å². The molecule has 0 aliphatic carbocycles. The SMILES string of the molecule is O=C(O)N1CCC(n2c(=O)[nH]c3ccccc32)C(CCCc2ccccc2)[C@@H]1N(Cc1ccccc1)Cc1ccccc1. The number of imidazole rings is 1. The van der Waals surface area contributed by atoms with E-state index in [4.69, 9.17) is 0 Å². The third-order valence-corrected chi connectivity index (χ3v) is 8.74. The van der Waals surface area contributed by atoms with E-state index in [0.29, 0.717) is 26.1 Å². The molecule has 3 atom stereocenters. The Kier molecular flexibility index (Phi) is 8.70. The second-order valence-corrected chi connectivity index (χ2v) is 11.5. The predicted octanol–water partition coefficient (Wildman–Crippen LogP) is 6.92. The van der Waals surface area contributed by atoms with Crippen LogP contribution in [0.2, 0.25) is 0 Å². The molecule has 1 aromatic heterocycles. The first-order valence-electron chi connectivity index (χ1n) is 15.1. The summed E-state index contributed by atoms with van der Waals surface area (Å²) in [5, 5.41) is 10.6. The number of benzene rings is 4. The maximum atomic E-state index is 13.5. The molecule has 1 aliphatic rings. The Morgan fingerprint density at radius 3 is 1.95 bits per heavy atom. The molecule has 0 radical (unpaired) electrons. The number of aryl methyl sites for hydroxylation is 1. The molecule has 0 saturated carbocycles. The summed E-state index contributed by atoms with van der Waals surface area (Å²) in [4.78, 5) is 33.4. The Balaban J connectivity index is 1.43. The first kappa shape index (κ1) is 28.5. The number of likely N-dealkylation sites (tertiary alicyclic amines) is 1. The van der Waals surface area contributed by atoms with Crippen molar-refractivity contribution in [1.29, 1.82) is 0 Å². The van der Waals surface area contributed by atoms with Crippen molar-refractivity contribution in [3.05, 3.63) is 142 Å². The van der Waals surface area contributed by atoms with Crippen LogP contribution in [0.3, 0.4) is 0 Å². The molecule has 2 heterocycles. The number of aromatic amines is 1. The van der Waals surface area contributed by atoms with Gasteiger partial charge in [-0.2, -0.15) is 0 Å². The summed E-state index contributed by atoms with van der Waals surface area (Å²) < 4.78 is 1.90. The highest BCUT2D eigenvalue weighted by Gasteiger charge is 2.44. The molecule has 6 rings (SSSR count). The van der Waals surface area contributed by atoms with Gasteiger partial charge in [-0.15, -0.1) is 0 Å². The molecule has 220 valence electrons. The van der Waals surface area contributed by atoms with E-state index in [-0.39, 0.29) is 17.6 Å². The first-order chi connectivity index (χ1) is 21.1. The molecule has 43 heavy (non-hydrogen) atoms. The smallest absolute Gasteiger partial charge is 0.408 e. The Morgan fingerprint density at radius 1 is 0.791 bits per heavy atom. The van der Waals surface area contributed by atoms with Crippen molar-refractivity contribution in [3.63, 3.8) is 0 Å². The number of para-hydroxylation sites is 2. The summed E-state index contributed by atoms with van der Waals surface area (Å²) >= 11 is 0. The maximum absolute atomic E-state index is 13.5. The zero-order chi connectivity index (χ0) is 29.6. The van der Waals surface area contributed by atoms with Gasteiger partial charge >= 0.3 is 11.8 Å². The van der Waals surface area contributed by atoms with E-state index in [9.17, 15) is 14.7 Å². The molecular weight excluding hydrogens is 536 g/mol. The van der Waals surface area contributed by atoms with Gasteiger partial charge in [0.25, 0.3) is 0 Å². The van der Waals surface area contributed by atoms with E-state index in [2.05, 4.69) is 58.4 Å². The fourth-order valence-corrected chi connectivity index (χ4v) is 6.86. The Morgan fingerprint density at radius 2 is 1.35 bits per heavy atom. The number of H-pyrrole nitrogens is 1. The van der Waals surface area contributed by atoms with Crippen LogP contribution in [0.4, 0.5) is 4.79 Å². The average Bonchev–Trinajstić information content (AvgIpc) is 3.37. The lowest BCUT2D eigenvalue weighted by molar-refractivity contribution is -0.0491. The van der Waals surface area contributed by atoms with Crippen LogP contribution in [-0.4, -0.2) is 43.3 Å². The highest BCUT2D eigenvalue weighted by molar-refractivity contribution is 5.75. The van der Waals surface area contributed by atoms with Crippen LogP contribution in [0.15, 0.2) is 120 Å². The summed E-state index contributed by atoms with van der Waals surface area (Å²) in [6.45, 7) is 1.54. The lowest BCUT2D eigenvalue weighted by Crippen LogP contribution is -2.59. The van der Waals surface area contributed by atoms with Crippen molar-refractivity contribution in [3.8, 4) is 0 Å². The molecule has 1 saturated heterocycles. The van der Waals surface area contributed by atoms with Gasteiger partial charge in [-0.05, 0) is 54.5 Å². The summed E-state index contributed by atoms with van der Waals surface area (Å²) in [6.07, 6.45) is 1.79. The van der Waals surface area contributed by atoms with Crippen LogP contribution >= 0.6 is 0 Å². The van der Waals surface area contributed by atoms with Crippen molar-refractivity contribution in [1.82, 2.24) is 19.4 Å². The molecule has 1 amide bonds. The molecule has 5 aromatic rings. The number of hydrogen-bond acceptors (Lipinski definition) is 3. The zero-order valence-electron chi connectivity index (χ0n) is 24.3. The van der Waals surface area contributed by atoms with Crippen molar-refractivity contribution >= 4 is 17.1 Å². The van der Waals surface area contributed by atoms with Crippen LogP contribution in [0.25, 0.3) is 11.0 Å². The number of nitrogens with zero attached hydrogens (tertiary/aromatic N) is 3. The molecule has 7 heteroatoms. The Hall–Kier alpha value is -4.62. The van der Waals surface area contributed by atoms with Crippen LogP contribution in [0.1, 0.15) is 42.0 Å². The molecule has 2 N–H and O–H groups in total. The number of rotatable bonds is 10. The molecule has 0 bridgehead atoms. The van der Waals surface area contributed by atoms with Crippen LogP contribution < -0.4 is 5.69 Å². The number of carbonyl (C=O) groups is 1. The summed E-state index contributed by atoms with van der Waals surface area (Å²) in [6, 6.07) is 38.5. The van der Waals surface area contributed by atoms with E-state index >= 15 is 0 Å². The minimum absolute atomic E-state index is 0.113. The average molecular weight is 575 g/mol. The van der Waals surface area contributed by atoms with Crippen molar-refractivity contribution in [2.75, 3.05) is 6.54 Å². The minimum atomic E-state index is -0.922. The minimum Gasteiger partial charge on any atom is -0.465 e. The normalized spacial score (nSPS) is 18.7. The molecule has 7 nitrogen and oxygen atoms in total. The van der Waals surface area contributed by atoms with Gasteiger partial charge in [0.2, 0.25) is 0 Å². The van der Waals surface area contributed by atoms with Crippen molar-refractivity contribution in [2.24, 2.45) is 5.92 Å². The van der Waals surface area contributed by atoms with E-state index in [1.54, 1.807) is 4.90 Å².